The van der Waals surface area contributed by atoms with Crippen molar-refractivity contribution >= 4 is 35.2 Å². The fourth-order valence-corrected chi connectivity index (χ4v) is 4.20. The monoisotopic (exact) mass is 476 g/mol. The molecule has 0 aromatic heterocycles. The van der Waals surface area contributed by atoms with Gasteiger partial charge in [-0.3, -0.25) is 9.59 Å². The highest BCUT2D eigenvalue weighted by molar-refractivity contribution is 7.99. The Hall–Kier alpha value is -2.18. The molecule has 5 nitrogen and oxygen atoms in total. The van der Waals surface area contributed by atoms with Crippen LogP contribution in [0.3, 0.4) is 0 Å². The Bertz CT molecular complexity index is 858. The van der Waals surface area contributed by atoms with Gasteiger partial charge in [0, 0.05) is 23.4 Å². The van der Waals surface area contributed by atoms with Crippen LogP contribution in [0.5, 0.6) is 5.75 Å². The summed E-state index contributed by atoms with van der Waals surface area (Å²) in [4.78, 5) is 27.9. The smallest absolute Gasteiger partial charge is 0.243 e. The molecule has 0 aliphatic heterocycles. The minimum Gasteiger partial charge on any atom is -0.497 e. The van der Waals surface area contributed by atoms with Crippen molar-refractivity contribution in [3.63, 3.8) is 0 Å². The molecule has 0 unspecified atom stereocenters. The number of ether oxygens (including phenoxy) is 1. The molecule has 0 heterocycles. The number of nitrogens with one attached hydrogen (secondary N) is 1. The van der Waals surface area contributed by atoms with E-state index in [1.165, 1.54) is 0 Å². The number of methoxy groups -OCH3 is 1. The molecule has 0 aliphatic rings. The summed E-state index contributed by atoms with van der Waals surface area (Å²) in [5, 5.41) is 3.67. The van der Waals surface area contributed by atoms with Crippen LogP contribution in [0.15, 0.2) is 48.5 Å². The topological polar surface area (TPSA) is 58.6 Å². The van der Waals surface area contributed by atoms with Gasteiger partial charge in [0.2, 0.25) is 11.8 Å². The third kappa shape index (κ3) is 8.06. The van der Waals surface area contributed by atoms with Crippen molar-refractivity contribution in [2.24, 2.45) is 0 Å². The van der Waals surface area contributed by atoms with E-state index in [0.29, 0.717) is 29.5 Å². The van der Waals surface area contributed by atoms with Gasteiger partial charge in [-0.05, 0) is 55.2 Å². The number of carbonyl (C=O) groups is 2. The van der Waals surface area contributed by atoms with Crippen LogP contribution < -0.4 is 10.1 Å². The van der Waals surface area contributed by atoms with Gasteiger partial charge in [-0.15, -0.1) is 11.8 Å². The SMILES string of the molecule is CC[C@@H](C)NC(=O)[C@@H](CC)N(Cc1ccc(Cl)cc1)C(=O)CSCc1ccc(OC)cc1. The van der Waals surface area contributed by atoms with Crippen molar-refractivity contribution in [1.29, 1.82) is 0 Å². The highest BCUT2D eigenvalue weighted by Crippen LogP contribution is 2.20. The van der Waals surface area contributed by atoms with Crippen LogP contribution in [-0.2, 0) is 21.9 Å². The second kappa shape index (κ2) is 13.4. The van der Waals surface area contributed by atoms with Crippen LogP contribution >= 0.6 is 23.4 Å². The lowest BCUT2D eigenvalue weighted by molar-refractivity contribution is -0.139. The van der Waals surface area contributed by atoms with Crippen molar-refractivity contribution in [3.8, 4) is 5.75 Å². The summed E-state index contributed by atoms with van der Waals surface area (Å²) in [5.41, 5.74) is 2.06. The highest BCUT2D eigenvalue weighted by Gasteiger charge is 2.29. The number of nitrogens with zero attached hydrogens (tertiary/aromatic N) is 1. The van der Waals surface area contributed by atoms with Gasteiger partial charge in [-0.2, -0.15) is 0 Å². The Labute approximate surface area is 200 Å². The van der Waals surface area contributed by atoms with Gasteiger partial charge in [0.05, 0.1) is 12.9 Å². The number of rotatable bonds is 12. The molecule has 0 spiro atoms. The number of halogens is 1. The molecule has 0 aliphatic carbocycles. The standard InChI is InChI=1S/C25H33ClN2O3S/c1-5-18(3)27-25(30)23(6-2)28(15-19-7-11-21(26)12-8-19)24(29)17-32-16-20-9-13-22(31-4)14-10-20/h7-14,18,23H,5-6,15-17H2,1-4H3,(H,27,30)/t18-,23-/m1/s1. The molecule has 0 radical (unpaired) electrons. The molecule has 0 saturated carbocycles. The van der Waals surface area contributed by atoms with E-state index >= 15 is 0 Å². The largest absolute Gasteiger partial charge is 0.497 e. The fraction of sp³-hybridized carbons (Fsp3) is 0.440. The first-order chi connectivity index (χ1) is 15.4. The first-order valence-electron chi connectivity index (χ1n) is 10.9. The van der Waals surface area contributed by atoms with E-state index in [1.54, 1.807) is 35.9 Å². The lowest BCUT2D eigenvalue weighted by Crippen LogP contribution is -2.51. The predicted octanol–water partition coefficient (Wildman–Crippen LogP) is 5.30. The normalized spacial score (nSPS) is 12.7. The summed E-state index contributed by atoms with van der Waals surface area (Å²) < 4.78 is 5.19. The Balaban J connectivity index is 2.10. The number of hydrogen-bond donors (Lipinski definition) is 1. The summed E-state index contributed by atoms with van der Waals surface area (Å²) in [6, 6.07) is 14.8. The first kappa shape index (κ1) is 26.1. The van der Waals surface area contributed by atoms with Gasteiger partial charge in [0.25, 0.3) is 0 Å². The van der Waals surface area contributed by atoms with E-state index in [-0.39, 0.29) is 17.9 Å². The average Bonchev–Trinajstić information content (AvgIpc) is 2.80. The molecule has 0 fully saturated rings. The number of amides is 2. The molecule has 2 rings (SSSR count). The third-order valence-electron chi connectivity index (χ3n) is 5.31. The molecule has 2 atom stereocenters. The molecule has 0 saturated heterocycles. The van der Waals surface area contributed by atoms with Gasteiger partial charge >= 0.3 is 0 Å². The summed E-state index contributed by atoms with van der Waals surface area (Å²) >= 11 is 7.56. The number of thioether (sulfide) groups is 1. The number of hydrogen-bond acceptors (Lipinski definition) is 4. The minimum absolute atomic E-state index is 0.0513. The minimum atomic E-state index is -0.520. The van der Waals surface area contributed by atoms with Crippen LogP contribution in [0.25, 0.3) is 0 Å². The van der Waals surface area contributed by atoms with Crippen LogP contribution in [0.4, 0.5) is 0 Å². The van der Waals surface area contributed by atoms with E-state index < -0.39 is 6.04 Å². The molecule has 2 amide bonds. The molecular formula is C25H33ClN2O3S. The van der Waals surface area contributed by atoms with E-state index in [1.807, 2.05) is 57.2 Å². The van der Waals surface area contributed by atoms with Gasteiger partial charge < -0.3 is 15.0 Å². The quantitative estimate of drug-likeness (QED) is 0.451. The summed E-state index contributed by atoms with van der Waals surface area (Å²) in [6.07, 6.45) is 1.38. The maximum atomic E-state index is 13.2. The predicted molar refractivity (Wildman–Crippen MR) is 133 cm³/mol. The van der Waals surface area contributed by atoms with Gasteiger partial charge in [-0.1, -0.05) is 49.7 Å². The maximum absolute atomic E-state index is 13.2. The van der Waals surface area contributed by atoms with Crippen LogP contribution in [0.2, 0.25) is 5.02 Å². The average molecular weight is 477 g/mol. The highest BCUT2D eigenvalue weighted by atomic mass is 35.5. The van der Waals surface area contributed by atoms with E-state index in [9.17, 15) is 9.59 Å². The second-order valence-electron chi connectivity index (χ2n) is 7.73. The van der Waals surface area contributed by atoms with Crippen LogP contribution in [-0.4, -0.2) is 41.7 Å². The van der Waals surface area contributed by atoms with Crippen molar-refractivity contribution in [2.45, 2.75) is 58.0 Å². The van der Waals surface area contributed by atoms with E-state index in [4.69, 9.17) is 16.3 Å². The van der Waals surface area contributed by atoms with Crippen LogP contribution in [0, 0.1) is 0 Å². The zero-order chi connectivity index (χ0) is 23.5. The Kier molecular flexibility index (Phi) is 10.9. The third-order valence-corrected chi connectivity index (χ3v) is 6.55. The van der Waals surface area contributed by atoms with E-state index in [0.717, 1.165) is 23.3 Å². The Morgan fingerprint density at radius 2 is 1.66 bits per heavy atom. The summed E-state index contributed by atoms with van der Waals surface area (Å²) in [6.45, 7) is 6.30. The number of benzene rings is 2. The molecular weight excluding hydrogens is 444 g/mol. The molecule has 174 valence electrons. The molecule has 7 heteroatoms. The Morgan fingerprint density at radius 1 is 1.03 bits per heavy atom. The first-order valence-corrected chi connectivity index (χ1v) is 12.5. The zero-order valence-corrected chi connectivity index (χ0v) is 20.8. The van der Waals surface area contributed by atoms with Crippen molar-refractivity contribution in [2.75, 3.05) is 12.9 Å². The molecule has 0 bridgehead atoms. The molecule has 2 aromatic rings. The van der Waals surface area contributed by atoms with E-state index in [2.05, 4.69) is 5.32 Å². The number of carbonyl (C=O) groups excluding carboxylic acids is 2. The molecule has 2 aromatic carbocycles. The molecule has 1 N–H and O–H groups in total. The summed E-state index contributed by atoms with van der Waals surface area (Å²) in [7, 11) is 1.64. The Morgan fingerprint density at radius 3 is 2.22 bits per heavy atom. The lowest BCUT2D eigenvalue weighted by Gasteiger charge is -2.31. The van der Waals surface area contributed by atoms with Crippen molar-refractivity contribution in [1.82, 2.24) is 10.2 Å². The maximum Gasteiger partial charge on any atom is 0.243 e. The van der Waals surface area contributed by atoms with Crippen molar-refractivity contribution in [3.05, 3.63) is 64.7 Å². The van der Waals surface area contributed by atoms with Crippen LogP contribution in [0.1, 0.15) is 44.7 Å². The summed E-state index contributed by atoms with van der Waals surface area (Å²) in [5.74, 6) is 1.66. The fourth-order valence-electron chi connectivity index (χ4n) is 3.21. The van der Waals surface area contributed by atoms with Crippen molar-refractivity contribution < 1.29 is 14.3 Å². The lowest BCUT2D eigenvalue weighted by atomic mass is 10.1. The van der Waals surface area contributed by atoms with Gasteiger partial charge in [0.1, 0.15) is 11.8 Å². The van der Waals surface area contributed by atoms with Gasteiger partial charge in [0.15, 0.2) is 0 Å². The second-order valence-corrected chi connectivity index (χ2v) is 9.15. The van der Waals surface area contributed by atoms with Gasteiger partial charge in [-0.25, -0.2) is 0 Å². The zero-order valence-electron chi connectivity index (χ0n) is 19.3. The molecule has 32 heavy (non-hydrogen) atoms.